The highest BCUT2D eigenvalue weighted by Crippen LogP contribution is 2.31. The molecule has 0 amide bonds. The largest absolute Gasteiger partial charge is 0.378 e. The van der Waals surface area contributed by atoms with Crippen molar-refractivity contribution in [2.75, 3.05) is 31.1 Å². The predicted molar refractivity (Wildman–Crippen MR) is 116 cm³/mol. The van der Waals surface area contributed by atoms with E-state index in [0.717, 1.165) is 57.5 Å². The van der Waals surface area contributed by atoms with Crippen LogP contribution in [0, 0.1) is 11.8 Å². The molecule has 3 rings (SSSR count). The van der Waals surface area contributed by atoms with E-state index < -0.39 is 12.5 Å². The van der Waals surface area contributed by atoms with E-state index in [0.29, 0.717) is 10.0 Å². The van der Waals surface area contributed by atoms with Crippen LogP contribution in [0.2, 0.25) is 10.0 Å². The van der Waals surface area contributed by atoms with E-state index in [4.69, 9.17) is 23.2 Å². The zero-order valence-corrected chi connectivity index (χ0v) is 18.3. The molecule has 7 heteroatoms. The van der Waals surface area contributed by atoms with E-state index in [-0.39, 0.29) is 17.9 Å². The number of aliphatic hydroxyl groups excluding tert-OH is 2. The summed E-state index contributed by atoms with van der Waals surface area (Å²) in [6.07, 6.45) is 3.22. The maximum absolute atomic E-state index is 11.0. The van der Waals surface area contributed by atoms with Crippen LogP contribution in [0.4, 0.5) is 5.69 Å². The lowest BCUT2D eigenvalue weighted by Gasteiger charge is -2.43. The first kappa shape index (κ1) is 22.1. The summed E-state index contributed by atoms with van der Waals surface area (Å²) in [5.74, 6) is 0.446. The van der Waals surface area contributed by atoms with Gasteiger partial charge in [-0.25, -0.2) is 0 Å². The summed E-state index contributed by atoms with van der Waals surface area (Å²) in [6, 6.07) is 6.02. The molecule has 28 heavy (non-hydrogen) atoms. The highest BCUT2D eigenvalue weighted by molar-refractivity contribution is 6.42. The fourth-order valence-electron chi connectivity index (χ4n) is 4.31. The monoisotopic (exact) mass is 429 g/mol. The molecule has 2 aliphatic rings. The molecule has 1 aromatic carbocycles. The van der Waals surface area contributed by atoms with Gasteiger partial charge in [-0.1, -0.05) is 43.5 Å². The SMILES string of the molecule is CC(C)C(O)NC1CCCC(C(O)N2CCN(c3ccc(Cl)c(Cl)c3)CC2)C1. The van der Waals surface area contributed by atoms with E-state index in [9.17, 15) is 10.2 Å². The molecule has 0 bridgehead atoms. The molecular weight excluding hydrogens is 397 g/mol. The first-order chi connectivity index (χ1) is 13.3. The van der Waals surface area contributed by atoms with Crippen LogP contribution in [0.15, 0.2) is 18.2 Å². The lowest BCUT2D eigenvalue weighted by Crippen LogP contribution is -2.54. The zero-order chi connectivity index (χ0) is 20.3. The number of halogens is 2. The summed E-state index contributed by atoms with van der Waals surface area (Å²) in [6.45, 7) is 7.39. The topological polar surface area (TPSA) is 59.0 Å². The third kappa shape index (κ3) is 5.53. The maximum Gasteiger partial charge on any atom is 0.110 e. The van der Waals surface area contributed by atoms with Crippen molar-refractivity contribution in [2.24, 2.45) is 11.8 Å². The zero-order valence-electron chi connectivity index (χ0n) is 16.8. The third-order valence-electron chi connectivity index (χ3n) is 6.13. The van der Waals surface area contributed by atoms with Crippen molar-refractivity contribution >= 4 is 28.9 Å². The number of nitrogens with zero attached hydrogens (tertiary/aromatic N) is 2. The van der Waals surface area contributed by atoms with Gasteiger partial charge in [0.2, 0.25) is 0 Å². The number of hydrogen-bond acceptors (Lipinski definition) is 5. The maximum atomic E-state index is 11.0. The number of hydrogen-bond donors (Lipinski definition) is 3. The molecule has 0 spiro atoms. The van der Waals surface area contributed by atoms with E-state index >= 15 is 0 Å². The minimum atomic E-state index is -0.476. The molecule has 2 fully saturated rings. The average Bonchev–Trinajstić information content (AvgIpc) is 2.70. The van der Waals surface area contributed by atoms with Crippen molar-refractivity contribution in [1.82, 2.24) is 10.2 Å². The molecule has 0 aromatic heterocycles. The van der Waals surface area contributed by atoms with E-state index in [1.165, 1.54) is 0 Å². The van der Waals surface area contributed by atoms with Gasteiger partial charge in [-0.3, -0.25) is 10.2 Å². The third-order valence-corrected chi connectivity index (χ3v) is 6.87. The molecule has 1 aromatic rings. The Kier molecular flexibility index (Phi) is 7.88. The molecule has 0 radical (unpaired) electrons. The average molecular weight is 430 g/mol. The van der Waals surface area contributed by atoms with Gasteiger partial charge in [-0.05, 0) is 49.3 Å². The standard InChI is InChI=1S/C21H33Cl2N3O2/c1-14(2)20(27)24-16-5-3-4-15(12-16)21(28)26-10-8-25(9-11-26)17-6-7-18(22)19(23)13-17/h6-7,13-16,20-21,24,27-28H,3-5,8-12H2,1-2H3. The van der Waals surface area contributed by atoms with Crippen molar-refractivity contribution in [2.45, 2.75) is 58.0 Å². The molecule has 3 N–H and O–H groups in total. The van der Waals surface area contributed by atoms with Gasteiger partial charge in [0.1, 0.15) is 12.5 Å². The molecule has 1 aliphatic heterocycles. The van der Waals surface area contributed by atoms with Crippen molar-refractivity contribution in [1.29, 1.82) is 0 Å². The van der Waals surface area contributed by atoms with Gasteiger partial charge < -0.3 is 15.1 Å². The summed E-state index contributed by atoms with van der Waals surface area (Å²) in [5, 5.41) is 25.6. The molecule has 4 atom stereocenters. The van der Waals surface area contributed by atoms with Gasteiger partial charge in [-0.15, -0.1) is 0 Å². The second kappa shape index (κ2) is 9.96. The first-order valence-corrected chi connectivity index (χ1v) is 11.2. The second-order valence-corrected chi connectivity index (χ2v) is 9.33. The number of nitrogens with one attached hydrogen (secondary N) is 1. The number of anilines is 1. The van der Waals surface area contributed by atoms with Gasteiger partial charge >= 0.3 is 0 Å². The molecule has 1 saturated carbocycles. The summed E-state index contributed by atoms with van der Waals surface area (Å²) in [5.41, 5.74) is 1.08. The van der Waals surface area contributed by atoms with Crippen molar-refractivity contribution in [3.63, 3.8) is 0 Å². The number of rotatable bonds is 6. The Morgan fingerprint density at radius 2 is 1.75 bits per heavy atom. The normalized spacial score (nSPS) is 26.5. The van der Waals surface area contributed by atoms with Crippen LogP contribution in [-0.4, -0.2) is 59.8 Å². The van der Waals surface area contributed by atoms with E-state index in [2.05, 4.69) is 15.1 Å². The van der Waals surface area contributed by atoms with E-state index in [1.54, 1.807) is 0 Å². The first-order valence-electron chi connectivity index (χ1n) is 10.4. The van der Waals surface area contributed by atoms with Crippen LogP contribution in [-0.2, 0) is 0 Å². The Morgan fingerprint density at radius 3 is 2.39 bits per heavy atom. The van der Waals surface area contributed by atoms with Gasteiger partial charge in [0.05, 0.1) is 10.0 Å². The van der Waals surface area contributed by atoms with Crippen LogP contribution >= 0.6 is 23.2 Å². The van der Waals surface area contributed by atoms with Crippen LogP contribution in [0.3, 0.4) is 0 Å². The smallest absolute Gasteiger partial charge is 0.110 e. The van der Waals surface area contributed by atoms with Gasteiger partial charge in [0.15, 0.2) is 0 Å². The quantitative estimate of drug-likeness (QED) is 0.603. The van der Waals surface area contributed by atoms with Gasteiger partial charge in [-0.2, -0.15) is 0 Å². The molecule has 4 unspecified atom stereocenters. The van der Waals surface area contributed by atoms with Crippen molar-refractivity contribution < 1.29 is 10.2 Å². The Balaban J connectivity index is 1.51. The van der Waals surface area contributed by atoms with Gasteiger partial charge in [0, 0.05) is 37.9 Å². The van der Waals surface area contributed by atoms with Crippen molar-refractivity contribution in [3.05, 3.63) is 28.2 Å². The predicted octanol–water partition coefficient (Wildman–Crippen LogP) is 3.56. The van der Waals surface area contributed by atoms with Gasteiger partial charge in [0.25, 0.3) is 0 Å². The molecule has 5 nitrogen and oxygen atoms in total. The molecule has 158 valence electrons. The van der Waals surface area contributed by atoms with Crippen LogP contribution in [0.5, 0.6) is 0 Å². The van der Waals surface area contributed by atoms with Crippen LogP contribution in [0.25, 0.3) is 0 Å². The molecule has 1 saturated heterocycles. The fourth-order valence-corrected chi connectivity index (χ4v) is 4.60. The van der Waals surface area contributed by atoms with Crippen LogP contribution < -0.4 is 10.2 Å². The minimum absolute atomic E-state index is 0.194. The van der Waals surface area contributed by atoms with Crippen LogP contribution in [0.1, 0.15) is 39.5 Å². The highest BCUT2D eigenvalue weighted by atomic mass is 35.5. The van der Waals surface area contributed by atoms with Crippen molar-refractivity contribution in [3.8, 4) is 0 Å². The summed E-state index contributed by atoms with van der Waals surface area (Å²) in [4.78, 5) is 4.48. The Morgan fingerprint density at radius 1 is 1.04 bits per heavy atom. The lowest BCUT2D eigenvalue weighted by atomic mass is 9.83. The highest BCUT2D eigenvalue weighted by Gasteiger charge is 2.33. The molecule has 1 aliphatic carbocycles. The molecular formula is C21H33Cl2N3O2. The Hall–Kier alpha value is -0.560. The number of benzene rings is 1. The summed E-state index contributed by atoms with van der Waals surface area (Å²) >= 11 is 12.2. The summed E-state index contributed by atoms with van der Waals surface area (Å²) < 4.78 is 0. The minimum Gasteiger partial charge on any atom is -0.378 e. The lowest BCUT2D eigenvalue weighted by molar-refractivity contribution is -0.0593. The summed E-state index contributed by atoms with van der Waals surface area (Å²) in [7, 11) is 0. The Labute approximate surface area is 178 Å². The van der Waals surface area contributed by atoms with E-state index in [1.807, 2.05) is 32.0 Å². The second-order valence-electron chi connectivity index (χ2n) is 8.51. The molecule has 1 heterocycles. The number of aliphatic hydroxyl groups is 2. The Bertz CT molecular complexity index is 638. The number of piperazine rings is 1. The fraction of sp³-hybridized carbons (Fsp3) is 0.714.